The molecule has 3 heteroatoms. The van der Waals surface area contributed by atoms with Crippen molar-refractivity contribution in [3.05, 3.63) is 102 Å². The van der Waals surface area contributed by atoms with Crippen molar-refractivity contribution in [1.82, 2.24) is 0 Å². The Morgan fingerprint density at radius 1 is 0.528 bits per heavy atom. The molecular weight excluding hydrogens is 450 g/mol. The Labute approximate surface area is 213 Å². The zero-order chi connectivity index (χ0) is 25.3. The van der Waals surface area contributed by atoms with E-state index in [1.807, 2.05) is 31.2 Å². The number of aryl methyl sites for hydroxylation is 1. The average Bonchev–Trinajstić information content (AvgIpc) is 2.92. The second-order valence-electron chi connectivity index (χ2n) is 9.25. The summed E-state index contributed by atoms with van der Waals surface area (Å²) in [7, 11) is 0. The fraction of sp³-hybridized carbons (Fsp3) is 0.273. The summed E-state index contributed by atoms with van der Waals surface area (Å²) in [6, 6.07) is 27.9. The van der Waals surface area contributed by atoms with Gasteiger partial charge in [0.2, 0.25) is 5.82 Å². The normalized spacial score (nSPS) is 11.0. The number of benzene rings is 4. The van der Waals surface area contributed by atoms with Crippen LogP contribution < -0.4 is 4.74 Å². The van der Waals surface area contributed by atoms with Gasteiger partial charge in [0.15, 0.2) is 11.6 Å². The maximum absolute atomic E-state index is 14.7. The van der Waals surface area contributed by atoms with Crippen molar-refractivity contribution in [3.63, 3.8) is 0 Å². The molecule has 0 saturated heterocycles. The van der Waals surface area contributed by atoms with Crippen molar-refractivity contribution in [2.45, 2.75) is 52.4 Å². The lowest BCUT2D eigenvalue weighted by Gasteiger charge is -2.11. The number of hydrogen-bond acceptors (Lipinski definition) is 1. The largest absolute Gasteiger partial charge is 0.490 e. The lowest BCUT2D eigenvalue weighted by molar-refractivity contribution is 0.289. The fourth-order valence-corrected chi connectivity index (χ4v) is 4.33. The monoisotopic (exact) mass is 484 g/mol. The van der Waals surface area contributed by atoms with Crippen LogP contribution in [0.5, 0.6) is 5.75 Å². The Hall–Kier alpha value is -3.46. The van der Waals surface area contributed by atoms with Crippen LogP contribution in [0.4, 0.5) is 8.78 Å². The lowest BCUT2D eigenvalue weighted by Crippen LogP contribution is -2.01. The van der Waals surface area contributed by atoms with Crippen molar-refractivity contribution in [1.29, 1.82) is 0 Å². The highest BCUT2D eigenvalue weighted by Gasteiger charge is 2.16. The molecule has 0 heterocycles. The number of hydrogen-bond donors (Lipinski definition) is 0. The van der Waals surface area contributed by atoms with Gasteiger partial charge in [-0.25, -0.2) is 4.39 Å². The van der Waals surface area contributed by atoms with Gasteiger partial charge in [-0.05, 0) is 64.8 Å². The van der Waals surface area contributed by atoms with E-state index in [0.29, 0.717) is 12.2 Å². The van der Waals surface area contributed by atoms with Crippen LogP contribution in [0.1, 0.15) is 51.5 Å². The minimum atomic E-state index is -0.933. The van der Waals surface area contributed by atoms with Crippen molar-refractivity contribution < 1.29 is 13.5 Å². The molecule has 0 radical (unpaired) electrons. The topological polar surface area (TPSA) is 9.23 Å². The van der Waals surface area contributed by atoms with Crippen LogP contribution in [0.3, 0.4) is 0 Å². The highest BCUT2D eigenvalue weighted by atomic mass is 19.2. The summed E-state index contributed by atoms with van der Waals surface area (Å²) < 4.78 is 34.6. The number of rotatable bonds is 11. The quantitative estimate of drug-likeness (QED) is 0.192. The van der Waals surface area contributed by atoms with E-state index in [1.54, 1.807) is 6.07 Å². The smallest absolute Gasteiger partial charge is 0.201 e. The molecule has 0 N–H and O–H groups in total. The molecule has 4 aromatic carbocycles. The molecule has 0 aliphatic heterocycles. The molecule has 0 atom stereocenters. The zero-order valence-corrected chi connectivity index (χ0v) is 21.2. The fourth-order valence-electron chi connectivity index (χ4n) is 4.33. The molecule has 0 aromatic heterocycles. The molecule has 0 aliphatic rings. The van der Waals surface area contributed by atoms with Crippen LogP contribution in [0.2, 0.25) is 0 Å². The van der Waals surface area contributed by atoms with Gasteiger partial charge in [-0.15, -0.1) is 0 Å². The van der Waals surface area contributed by atoms with E-state index in [2.05, 4.69) is 55.5 Å². The van der Waals surface area contributed by atoms with E-state index in [1.165, 1.54) is 42.0 Å². The van der Waals surface area contributed by atoms with Crippen molar-refractivity contribution >= 4 is 0 Å². The Kier molecular flexibility index (Phi) is 8.89. The molecule has 0 spiro atoms. The first-order valence-electron chi connectivity index (χ1n) is 13.0. The van der Waals surface area contributed by atoms with Crippen molar-refractivity contribution in [2.24, 2.45) is 0 Å². The molecule has 0 amide bonds. The molecule has 0 unspecified atom stereocenters. The molecule has 0 bridgehead atoms. The number of ether oxygens (including phenoxy) is 1. The maximum Gasteiger partial charge on any atom is 0.201 e. The third kappa shape index (κ3) is 6.20. The maximum atomic E-state index is 14.7. The number of halogens is 2. The van der Waals surface area contributed by atoms with Crippen LogP contribution >= 0.6 is 0 Å². The van der Waals surface area contributed by atoms with Gasteiger partial charge in [0.1, 0.15) is 0 Å². The number of unbranched alkanes of at least 4 members (excludes halogenated alkanes) is 3. The highest BCUT2D eigenvalue weighted by Crippen LogP contribution is 2.32. The standard InChI is InChI=1S/C33H34F2O/c1-3-5-7-8-24-9-11-25(12-10-24)26-13-15-27(16-14-26)28-17-19-29(20-18-28)30-21-22-31(33(35)32(30)34)36-23-6-4-2/h9-22H,3-8,23H2,1-2H3. The third-order valence-corrected chi connectivity index (χ3v) is 6.57. The second-order valence-corrected chi connectivity index (χ2v) is 9.25. The second kappa shape index (κ2) is 12.5. The molecule has 36 heavy (non-hydrogen) atoms. The van der Waals surface area contributed by atoms with E-state index in [-0.39, 0.29) is 11.3 Å². The van der Waals surface area contributed by atoms with Gasteiger partial charge in [-0.3, -0.25) is 0 Å². The van der Waals surface area contributed by atoms with E-state index < -0.39 is 11.6 Å². The molecule has 0 aliphatic carbocycles. The Bertz CT molecular complexity index is 1240. The van der Waals surface area contributed by atoms with E-state index in [4.69, 9.17) is 4.74 Å². The molecule has 0 fully saturated rings. The van der Waals surface area contributed by atoms with Gasteiger partial charge in [0.25, 0.3) is 0 Å². The van der Waals surface area contributed by atoms with Crippen LogP contribution in [-0.4, -0.2) is 6.61 Å². The highest BCUT2D eigenvalue weighted by molar-refractivity contribution is 5.73. The van der Waals surface area contributed by atoms with Gasteiger partial charge in [0.05, 0.1) is 6.61 Å². The molecular formula is C33H34F2O. The Balaban J connectivity index is 1.45. The SMILES string of the molecule is CCCCCc1ccc(-c2ccc(-c3ccc(-c4ccc(OCCCC)c(F)c4F)cc3)cc2)cc1. The summed E-state index contributed by atoms with van der Waals surface area (Å²) in [6.07, 6.45) is 6.63. The van der Waals surface area contributed by atoms with E-state index >= 15 is 0 Å². The Morgan fingerprint density at radius 3 is 1.56 bits per heavy atom. The predicted molar refractivity (Wildman–Crippen MR) is 146 cm³/mol. The van der Waals surface area contributed by atoms with Crippen LogP contribution in [0, 0.1) is 11.6 Å². The first-order chi connectivity index (χ1) is 17.6. The van der Waals surface area contributed by atoms with Crippen LogP contribution in [0.25, 0.3) is 33.4 Å². The summed E-state index contributed by atoms with van der Waals surface area (Å²) in [5.41, 5.74) is 6.73. The van der Waals surface area contributed by atoms with Gasteiger partial charge in [-0.1, -0.05) is 106 Å². The first kappa shape index (κ1) is 25.6. The third-order valence-electron chi connectivity index (χ3n) is 6.57. The van der Waals surface area contributed by atoms with Crippen LogP contribution in [-0.2, 0) is 6.42 Å². The van der Waals surface area contributed by atoms with Gasteiger partial charge < -0.3 is 4.74 Å². The van der Waals surface area contributed by atoms with Gasteiger partial charge >= 0.3 is 0 Å². The summed E-state index contributed by atoms with van der Waals surface area (Å²) >= 11 is 0. The molecule has 186 valence electrons. The van der Waals surface area contributed by atoms with Gasteiger partial charge in [-0.2, -0.15) is 4.39 Å². The van der Waals surface area contributed by atoms with Crippen LogP contribution in [0.15, 0.2) is 84.9 Å². The summed E-state index contributed by atoms with van der Waals surface area (Å²) in [4.78, 5) is 0. The van der Waals surface area contributed by atoms with Crippen molar-refractivity contribution in [3.8, 4) is 39.1 Å². The minimum absolute atomic E-state index is 0.0347. The van der Waals surface area contributed by atoms with Crippen molar-refractivity contribution in [2.75, 3.05) is 6.61 Å². The average molecular weight is 485 g/mol. The summed E-state index contributed by atoms with van der Waals surface area (Å²) in [6.45, 7) is 4.63. The molecule has 4 rings (SSSR count). The zero-order valence-electron chi connectivity index (χ0n) is 21.2. The Morgan fingerprint density at radius 2 is 1.03 bits per heavy atom. The summed E-state index contributed by atoms with van der Waals surface area (Å²) in [5, 5.41) is 0. The molecule has 0 saturated carbocycles. The van der Waals surface area contributed by atoms with E-state index in [0.717, 1.165) is 30.4 Å². The molecule has 4 aromatic rings. The first-order valence-corrected chi connectivity index (χ1v) is 13.0. The lowest BCUT2D eigenvalue weighted by atomic mass is 9.97. The summed E-state index contributed by atoms with van der Waals surface area (Å²) in [5.74, 6) is -1.85. The minimum Gasteiger partial charge on any atom is -0.490 e. The molecule has 1 nitrogen and oxygen atoms in total. The predicted octanol–water partition coefficient (Wildman–Crippen LogP) is 9.88. The van der Waals surface area contributed by atoms with Gasteiger partial charge in [0, 0.05) is 5.56 Å². The van der Waals surface area contributed by atoms with E-state index in [9.17, 15) is 8.78 Å².